The summed E-state index contributed by atoms with van der Waals surface area (Å²) >= 11 is 3.32. The van der Waals surface area contributed by atoms with Crippen molar-refractivity contribution in [2.75, 3.05) is 5.32 Å². The summed E-state index contributed by atoms with van der Waals surface area (Å²) in [6.45, 7) is 5.69. The van der Waals surface area contributed by atoms with Crippen molar-refractivity contribution in [3.05, 3.63) is 41.1 Å². The Morgan fingerprint density at radius 3 is 3.00 bits per heavy atom. The van der Waals surface area contributed by atoms with Crippen LogP contribution in [0.5, 0.6) is 0 Å². The minimum atomic E-state index is -0.219. The Labute approximate surface area is 98.5 Å². The summed E-state index contributed by atoms with van der Waals surface area (Å²) < 4.78 is 14.2. The van der Waals surface area contributed by atoms with E-state index in [-0.39, 0.29) is 11.9 Å². The van der Waals surface area contributed by atoms with E-state index in [4.69, 9.17) is 0 Å². The van der Waals surface area contributed by atoms with E-state index in [0.717, 1.165) is 17.3 Å². The first kappa shape index (κ1) is 12.2. The van der Waals surface area contributed by atoms with Crippen LogP contribution in [0.3, 0.4) is 0 Å². The van der Waals surface area contributed by atoms with Gasteiger partial charge in [0.1, 0.15) is 5.82 Å². The fourth-order valence-corrected chi connectivity index (χ4v) is 1.67. The zero-order chi connectivity index (χ0) is 11.3. The summed E-state index contributed by atoms with van der Waals surface area (Å²) in [7, 11) is 0. The summed E-state index contributed by atoms with van der Waals surface area (Å²) in [5, 5.41) is 3.13. The maximum Gasteiger partial charge on any atom is 0.146 e. The molecule has 0 aromatic heterocycles. The summed E-state index contributed by atoms with van der Waals surface area (Å²) in [4.78, 5) is 0. The Kier molecular flexibility index (Phi) is 4.82. The summed E-state index contributed by atoms with van der Waals surface area (Å²) in [5.41, 5.74) is 0.543. The van der Waals surface area contributed by atoms with Gasteiger partial charge in [-0.1, -0.05) is 22.0 Å². The maximum absolute atomic E-state index is 13.3. The minimum Gasteiger partial charge on any atom is -0.380 e. The van der Waals surface area contributed by atoms with E-state index < -0.39 is 0 Å². The number of nitrogens with one attached hydrogen (secondary N) is 1. The summed E-state index contributed by atoms with van der Waals surface area (Å²) in [6, 6.07) is 5.13. The Morgan fingerprint density at radius 1 is 1.60 bits per heavy atom. The molecular formula is C12H15BrFN. The molecule has 1 aromatic carbocycles. The average Bonchev–Trinajstić information content (AvgIpc) is 2.20. The van der Waals surface area contributed by atoms with Crippen LogP contribution in [0.25, 0.3) is 0 Å². The molecule has 0 fully saturated rings. The molecule has 1 N–H and O–H groups in total. The molecule has 0 heterocycles. The van der Waals surface area contributed by atoms with Gasteiger partial charge in [-0.3, -0.25) is 0 Å². The summed E-state index contributed by atoms with van der Waals surface area (Å²) in [6.07, 6.45) is 3.76. The van der Waals surface area contributed by atoms with Crippen LogP contribution in [0, 0.1) is 5.82 Å². The van der Waals surface area contributed by atoms with Crippen LogP contribution in [0.15, 0.2) is 35.3 Å². The molecule has 0 amide bonds. The highest BCUT2D eigenvalue weighted by molar-refractivity contribution is 9.10. The molecule has 1 aromatic rings. The Hall–Kier alpha value is -0.830. The largest absolute Gasteiger partial charge is 0.380 e. The lowest BCUT2D eigenvalue weighted by Gasteiger charge is -2.15. The summed E-state index contributed by atoms with van der Waals surface area (Å²) in [5.74, 6) is -0.219. The highest BCUT2D eigenvalue weighted by atomic mass is 79.9. The molecule has 82 valence electrons. The maximum atomic E-state index is 13.3. The van der Waals surface area contributed by atoms with E-state index in [1.807, 2.05) is 13.0 Å². The van der Waals surface area contributed by atoms with Gasteiger partial charge in [-0.25, -0.2) is 4.39 Å². The molecule has 0 spiro atoms. The van der Waals surface area contributed by atoms with Crippen LogP contribution in [-0.4, -0.2) is 6.04 Å². The van der Waals surface area contributed by atoms with Crippen molar-refractivity contribution >= 4 is 21.6 Å². The zero-order valence-electron chi connectivity index (χ0n) is 8.76. The molecule has 0 saturated heterocycles. The lowest BCUT2D eigenvalue weighted by molar-refractivity contribution is 0.622. The molecule has 0 aliphatic rings. The number of rotatable bonds is 5. The normalized spacial score (nSPS) is 12.2. The molecule has 0 saturated carbocycles. The standard InChI is InChI=1S/C12H15BrFN/c1-3-4-5-9(2)15-12-8-10(13)6-7-11(12)14/h3,6-9,15H,1,4-5H2,2H3. The van der Waals surface area contributed by atoms with Crippen molar-refractivity contribution in [1.82, 2.24) is 0 Å². The lowest BCUT2D eigenvalue weighted by Crippen LogP contribution is -2.15. The fraction of sp³-hybridized carbons (Fsp3) is 0.333. The predicted octanol–water partition coefficient (Wildman–Crippen LogP) is 4.35. The molecule has 3 heteroatoms. The Bertz CT molecular complexity index is 338. The second kappa shape index (κ2) is 5.91. The SMILES string of the molecule is C=CCCC(C)Nc1cc(Br)ccc1F. The Morgan fingerprint density at radius 2 is 2.33 bits per heavy atom. The van der Waals surface area contributed by atoms with Crippen molar-refractivity contribution in [3.8, 4) is 0 Å². The molecule has 0 aliphatic heterocycles. The van der Waals surface area contributed by atoms with Gasteiger partial charge in [0.05, 0.1) is 5.69 Å². The van der Waals surface area contributed by atoms with Crippen LogP contribution in [-0.2, 0) is 0 Å². The third-order valence-corrected chi connectivity index (χ3v) is 2.63. The quantitative estimate of drug-likeness (QED) is 0.785. The molecule has 0 radical (unpaired) electrons. The first-order valence-corrected chi connectivity index (χ1v) is 5.75. The fourth-order valence-electron chi connectivity index (χ4n) is 1.31. The second-order valence-electron chi connectivity index (χ2n) is 3.54. The van der Waals surface area contributed by atoms with Crippen molar-refractivity contribution < 1.29 is 4.39 Å². The van der Waals surface area contributed by atoms with E-state index in [9.17, 15) is 4.39 Å². The molecule has 15 heavy (non-hydrogen) atoms. The highest BCUT2D eigenvalue weighted by Crippen LogP contribution is 2.21. The van der Waals surface area contributed by atoms with Crippen LogP contribution < -0.4 is 5.32 Å². The first-order chi connectivity index (χ1) is 7.13. The van der Waals surface area contributed by atoms with Gasteiger partial charge >= 0.3 is 0 Å². The van der Waals surface area contributed by atoms with Crippen molar-refractivity contribution in [2.45, 2.75) is 25.8 Å². The van der Waals surface area contributed by atoms with Gasteiger partial charge in [0.2, 0.25) is 0 Å². The molecule has 1 unspecified atom stereocenters. The number of hydrogen-bond donors (Lipinski definition) is 1. The van der Waals surface area contributed by atoms with Gasteiger partial charge in [0.25, 0.3) is 0 Å². The van der Waals surface area contributed by atoms with Gasteiger partial charge in [-0.15, -0.1) is 6.58 Å². The molecule has 1 nitrogen and oxygen atoms in total. The molecular weight excluding hydrogens is 257 g/mol. The molecule has 0 aliphatic carbocycles. The van der Waals surface area contributed by atoms with Gasteiger partial charge in [-0.2, -0.15) is 0 Å². The first-order valence-electron chi connectivity index (χ1n) is 4.96. The second-order valence-corrected chi connectivity index (χ2v) is 4.45. The van der Waals surface area contributed by atoms with Crippen molar-refractivity contribution in [1.29, 1.82) is 0 Å². The third-order valence-electron chi connectivity index (χ3n) is 2.13. The smallest absolute Gasteiger partial charge is 0.146 e. The van der Waals surface area contributed by atoms with Crippen LogP contribution in [0.2, 0.25) is 0 Å². The number of halogens is 2. The van der Waals surface area contributed by atoms with Crippen LogP contribution >= 0.6 is 15.9 Å². The molecule has 1 atom stereocenters. The minimum absolute atomic E-state index is 0.219. The highest BCUT2D eigenvalue weighted by Gasteiger charge is 2.06. The van der Waals surface area contributed by atoms with E-state index >= 15 is 0 Å². The third kappa shape index (κ3) is 4.04. The number of benzene rings is 1. The number of allylic oxidation sites excluding steroid dienone is 1. The van der Waals surface area contributed by atoms with E-state index in [2.05, 4.69) is 27.8 Å². The zero-order valence-corrected chi connectivity index (χ0v) is 10.3. The number of anilines is 1. The van der Waals surface area contributed by atoms with Gasteiger partial charge in [0.15, 0.2) is 0 Å². The Balaban J connectivity index is 2.62. The molecule has 1 rings (SSSR count). The monoisotopic (exact) mass is 271 g/mol. The van der Waals surface area contributed by atoms with E-state index in [1.165, 1.54) is 6.07 Å². The van der Waals surface area contributed by atoms with Crippen LogP contribution in [0.4, 0.5) is 10.1 Å². The van der Waals surface area contributed by atoms with Crippen LogP contribution in [0.1, 0.15) is 19.8 Å². The van der Waals surface area contributed by atoms with Crippen molar-refractivity contribution in [3.63, 3.8) is 0 Å². The van der Waals surface area contributed by atoms with Gasteiger partial charge in [-0.05, 0) is 38.0 Å². The lowest BCUT2D eigenvalue weighted by atomic mass is 10.1. The average molecular weight is 272 g/mol. The van der Waals surface area contributed by atoms with Crippen molar-refractivity contribution in [2.24, 2.45) is 0 Å². The van der Waals surface area contributed by atoms with E-state index in [1.54, 1.807) is 12.1 Å². The van der Waals surface area contributed by atoms with E-state index in [0.29, 0.717) is 5.69 Å². The van der Waals surface area contributed by atoms with Gasteiger partial charge < -0.3 is 5.32 Å². The molecule has 0 bridgehead atoms. The van der Waals surface area contributed by atoms with Gasteiger partial charge in [0, 0.05) is 10.5 Å². The topological polar surface area (TPSA) is 12.0 Å². The predicted molar refractivity (Wildman–Crippen MR) is 66.6 cm³/mol. The number of hydrogen-bond acceptors (Lipinski definition) is 1.